The van der Waals surface area contributed by atoms with Gasteiger partial charge < -0.3 is 48.5 Å². The van der Waals surface area contributed by atoms with Gasteiger partial charge in [0.15, 0.2) is 12.2 Å². The highest BCUT2D eigenvalue weighted by atomic mass is 31.2. The average molecular weight is 671 g/mol. The van der Waals surface area contributed by atoms with E-state index in [-0.39, 0.29) is 43.0 Å². The fourth-order valence-corrected chi connectivity index (χ4v) is 6.26. The molecule has 1 aromatic carbocycles. The van der Waals surface area contributed by atoms with Gasteiger partial charge in [-0.15, -0.1) is 12.3 Å². The number of amides is 2. The Morgan fingerprint density at radius 1 is 0.957 bits per heavy atom. The van der Waals surface area contributed by atoms with Gasteiger partial charge in [-0.2, -0.15) is 0 Å². The summed E-state index contributed by atoms with van der Waals surface area (Å²) in [5, 5.41) is 15.8. The molecule has 46 heavy (non-hydrogen) atoms. The van der Waals surface area contributed by atoms with Crippen molar-refractivity contribution in [2.24, 2.45) is 0 Å². The number of terminal acetylenes is 1. The summed E-state index contributed by atoms with van der Waals surface area (Å²) in [5.41, 5.74) is 0.0720. The first kappa shape index (κ1) is 38.4. The van der Waals surface area contributed by atoms with Crippen LogP contribution in [0.25, 0.3) is 0 Å². The summed E-state index contributed by atoms with van der Waals surface area (Å²) in [6.45, 7) is 7.27. The second-order valence-corrected chi connectivity index (χ2v) is 12.2. The van der Waals surface area contributed by atoms with Crippen LogP contribution in [0, 0.1) is 12.3 Å². The van der Waals surface area contributed by atoms with Crippen molar-refractivity contribution in [3.05, 3.63) is 18.2 Å². The molecule has 0 aromatic heterocycles. The molecule has 3 N–H and O–H groups in total. The SMILES string of the molecule is C#CCCCCNC(=O)Nc1ccc(O[C@H]2O[C@H](CCP(=O)(OCC)OCC)[C@@H](OC(C)=O)[C@H](OC(C)=O)[C@@H]2OC(C)=O)cc1O. The van der Waals surface area contributed by atoms with E-state index >= 15 is 0 Å². The monoisotopic (exact) mass is 670 g/mol. The lowest BCUT2D eigenvalue weighted by Gasteiger charge is -2.44. The van der Waals surface area contributed by atoms with Crippen molar-refractivity contribution in [3.8, 4) is 23.8 Å². The number of esters is 3. The lowest BCUT2D eigenvalue weighted by molar-refractivity contribution is -0.283. The quantitative estimate of drug-likeness (QED) is 0.0540. The molecule has 256 valence electrons. The highest BCUT2D eigenvalue weighted by molar-refractivity contribution is 7.53. The van der Waals surface area contributed by atoms with Gasteiger partial charge in [0.2, 0.25) is 12.4 Å². The van der Waals surface area contributed by atoms with E-state index in [1.807, 2.05) is 0 Å². The smallest absolute Gasteiger partial charge is 0.330 e. The maximum Gasteiger partial charge on any atom is 0.330 e. The molecule has 1 fully saturated rings. The van der Waals surface area contributed by atoms with Crippen LogP contribution < -0.4 is 15.4 Å². The summed E-state index contributed by atoms with van der Waals surface area (Å²) in [5.74, 6) is -0.144. The number of nitrogens with one attached hydrogen (secondary N) is 2. The second-order valence-electron chi connectivity index (χ2n) is 10.1. The Kier molecular flexibility index (Phi) is 15.8. The molecule has 1 aromatic rings. The minimum atomic E-state index is -3.59. The van der Waals surface area contributed by atoms with E-state index in [1.54, 1.807) is 13.8 Å². The van der Waals surface area contributed by atoms with Crippen molar-refractivity contribution in [2.75, 3.05) is 31.2 Å². The zero-order valence-corrected chi connectivity index (χ0v) is 27.5. The van der Waals surface area contributed by atoms with E-state index in [1.165, 1.54) is 18.2 Å². The van der Waals surface area contributed by atoms with E-state index in [0.717, 1.165) is 27.2 Å². The number of ether oxygens (including phenoxy) is 5. The highest BCUT2D eigenvalue weighted by Crippen LogP contribution is 2.49. The van der Waals surface area contributed by atoms with Crippen LogP contribution in [0.2, 0.25) is 0 Å². The standard InChI is InChI=1S/C30H43N2O13P/c1-7-10-11-12-16-31-30(37)32-23-14-13-22(18-24(23)36)44-29-28(43-21(6)35)27(42-20(5)34)26(41-19(4)33)25(45-29)15-17-46(38,39-8-2)40-9-3/h1,13-14,18,25-29,36H,8-12,15-17H2,2-6H3,(H2,31,32,37)/t25-,26-,27+,28+,29+/m1/s1. The molecule has 0 saturated carbocycles. The third-order valence-electron chi connectivity index (χ3n) is 6.34. The van der Waals surface area contributed by atoms with Crippen LogP contribution in [0.15, 0.2) is 18.2 Å². The molecule has 0 radical (unpaired) electrons. The molecular formula is C30H43N2O13P. The number of phenolic OH excluding ortho intramolecular Hbond substituents is 1. The zero-order valence-electron chi connectivity index (χ0n) is 26.6. The Morgan fingerprint density at radius 3 is 2.13 bits per heavy atom. The molecule has 1 aliphatic heterocycles. The summed E-state index contributed by atoms with van der Waals surface area (Å²) in [4.78, 5) is 48.7. The summed E-state index contributed by atoms with van der Waals surface area (Å²) in [6, 6.07) is 3.41. The number of carbonyl (C=O) groups excluding carboxylic acids is 4. The van der Waals surface area contributed by atoms with Crippen LogP contribution in [-0.2, 0) is 46.9 Å². The number of hydrogen-bond donors (Lipinski definition) is 3. The first-order valence-electron chi connectivity index (χ1n) is 14.9. The number of unbranched alkanes of at least 4 members (excludes halogenated alkanes) is 2. The number of rotatable bonds is 17. The second kappa shape index (κ2) is 19.0. The molecular weight excluding hydrogens is 627 g/mol. The van der Waals surface area contributed by atoms with Gasteiger partial charge in [0.1, 0.15) is 17.6 Å². The number of urea groups is 1. The molecule has 0 aliphatic carbocycles. The third kappa shape index (κ3) is 12.5. The molecule has 2 rings (SSSR count). The summed E-state index contributed by atoms with van der Waals surface area (Å²) in [7, 11) is -3.59. The lowest BCUT2D eigenvalue weighted by atomic mass is 9.96. The van der Waals surface area contributed by atoms with E-state index in [4.69, 9.17) is 39.2 Å². The Balaban J connectivity index is 2.36. The molecule has 0 spiro atoms. The Hall–Kier alpha value is -3.83. The van der Waals surface area contributed by atoms with Crippen molar-refractivity contribution >= 4 is 37.2 Å². The van der Waals surface area contributed by atoms with E-state index in [0.29, 0.717) is 19.4 Å². The van der Waals surface area contributed by atoms with E-state index in [2.05, 4.69) is 16.6 Å². The first-order chi connectivity index (χ1) is 21.8. The van der Waals surface area contributed by atoms with Crippen LogP contribution in [0.4, 0.5) is 10.5 Å². The van der Waals surface area contributed by atoms with Crippen LogP contribution in [0.1, 0.15) is 60.3 Å². The fourth-order valence-electron chi connectivity index (χ4n) is 4.57. The predicted molar refractivity (Wildman–Crippen MR) is 164 cm³/mol. The molecule has 0 unspecified atom stereocenters. The summed E-state index contributed by atoms with van der Waals surface area (Å²) >= 11 is 0. The van der Waals surface area contributed by atoms with Gasteiger partial charge in [-0.3, -0.25) is 18.9 Å². The van der Waals surface area contributed by atoms with Gasteiger partial charge >= 0.3 is 31.5 Å². The van der Waals surface area contributed by atoms with Gasteiger partial charge in [0.05, 0.1) is 25.1 Å². The van der Waals surface area contributed by atoms with Crippen molar-refractivity contribution in [3.63, 3.8) is 0 Å². The Bertz CT molecular complexity index is 1270. The Morgan fingerprint density at radius 2 is 1.57 bits per heavy atom. The number of hydrogen-bond acceptors (Lipinski definition) is 13. The fraction of sp³-hybridized carbons (Fsp3) is 0.600. The van der Waals surface area contributed by atoms with Crippen LogP contribution in [0.3, 0.4) is 0 Å². The summed E-state index contributed by atoms with van der Waals surface area (Å²) < 4.78 is 52.4. The number of carbonyl (C=O) groups is 4. The highest BCUT2D eigenvalue weighted by Gasteiger charge is 2.53. The molecule has 0 bridgehead atoms. The van der Waals surface area contributed by atoms with Crippen LogP contribution >= 0.6 is 7.60 Å². The minimum Gasteiger partial charge on any atom is -0.506 e. The topological polar surface area (TPSA) is 194 Å². The van der Waals surface area contributed by atoms with Gasteiger partial charge in [-0.1, -0.05) is 0 Å². The average Bonchev–Trinajstić information content (AvgIpc) is 2.96. The summed E-state index contributed by atoms with van der Waals surface area (Å²) in [6.07, 6.45) is 0.251. The predicted octanol–water partition coefficient (Wildman–Crippen LogP) is 3.87. The van der Waals surface area contributed by atoms with Crippen molar-refractivity contribution in [1.82, 2.24) is 5.32 Å². The van der Waals surface area contributed by atoms with Gasteiger partial charge in [-0.25, -0.2) is 4.79 Å². The molecule has 1 heterocycles. The number of phenols is 1. The molecule has 1 saturated heterocycles. The third-order valence-corrected chi connectivity index (χ3v) is 8.45. The number of anilines is 1. The van der Waals surface area contributed by atoms with Crippen LogP contribution in [0.5, 0.6) is 11.5 Å². The molecule has 16 heteroatoms. The largest absolute Gasteiger partial charge is 0.506 e. The van der Waals surface area contributed by atoms with Crippen molar-refractivity contribution in [1.29, 1.82) is 0 Å². The molecule has 1 aliphatic rings. The van der Waals surface area contributed by atoms with Gasteiger partial charge in [0.25, 0.3) is 0 Å². The normalized spacial score (nSPS) is 20.9. The lowest BCUT2D eigenvalue weighted by Crippen LogP contribution is -2.62. The van der Waals surface area contributed by atoms with E-state index < -0.39 is 62.2 Å². The molecule has 2 amide bonds. The van der Waals surface area contributed by atoms with Crippen molar-refractivity contribution in [2.45, 2.75) is 91.0 Å². The maximum atomic E-state index is 13.2. The zero-order chi connectivity index (χ0) is 34.3. The van der Waals surface area contributed by atoms with Gasteiger partial charge in [-0.05, 0) is 45.2 Å². The first-order valence-corrected chi connectivity index (χ1v) is 16.6. The number of aromatic hydroxyl groups is 1. The van der Waals surface area contributed by atoms with Crippen LogP contribution in [-0.4, -0.2) is 85.7 Å². The maximum absolute atomic E-state index is 13.2. The minimum absolute atomic E-state index is 0.0143. The van der Waals surface area contributed by atoms with Gasteiger partial charge in [0, 0.05) is 39.8 Å². The van der Waals surface area contributed by atoms with Crippen molar-refractivity contribution < 1.29 is 61.6 Å². The number of benzene rings is 1. The Labute approximate surface area is 268 Å². The van der Waals surface area contributed by atoms with E-state index in [9.17, 15) is 28.8 Å². The molecule has 15 nitrogen and oxygen atoms in total. The molecule has 5 atom stereocenters.